The van der Waals surface area contributed by atoms with E-state index >= 15 is 0 Å². The number of hydrogen-bond acceptors (Lipinski definition) is 8. The van der Waals surface area contributed by atoms with E-state index in [-0.39, 0.29) is 0 Å². The van der Waals surface area contributed by atoms with Gasteiger partial charge in [0.25, 0.3) is 0 Å². The topological polar surface area (TPSA) is 186 Å². The van der Waals surface area contributed by atoms with E-state index in [1.54, 1.807) is 0 Å². The van der Waals surface area contributed by atoms with Gasteiger partial charge in [-0.25, -0.2) is 18.6 Å². The first-order chi connectivity index (χ1) is 10.9. The molecule has 1 aliphatic carbocycles. The zero-order valence-electron chi connectivity index (χ0n) is 11.6. The summed E-state index contributed by atoms with van der Waals surface area (Å²) in [6.07, 6.45) is 10.8. The first-order valence-electron chi connectivity index (χ1n) is 6.05. The van der Waals surface area contributed by atoms with Crippen LogP contribution in [0, 0.1) is 20.5 Å². The van der Waals surface area contributed by atoms with Crippen molar-refractivity contribution in [2.24, 2.45) is 0 Å². The molecular weight excluding hydrogens is 369 g/mol. The van der Waals surface area contributed by atoms with E-state index in [0.717, 1.165) is 0 Å². The fraction of sp³-hybridized carbons (Fsp3) is 0. The lowest BCUT2D eigenvalue weighted by Gasteiger charge is -2.17. The number of halogens is 2. The van der Waals surface area contributed by atoms with Crippen molar-refractivity contribution >= 4 is 35.3 Å². The van der Waals surface area contributed by atoms with Gasteiger partial charge in [0.2, 0.25) is 5.52 Å². The summed E-state index contributed by atoms with van der Waals surface area (Å²) in [4.78, 5) is 0. The predicted molar refractivity (Wildman–Crippen MR) is 60.5 cm³/mol. The Bertz CT molecular complexity index is 692. The van der Waals surface area contributed by atoms with E-state index in [0.29, 0.717) is 0 Å². The minimum absolute atomic E-state index is 1.33. The summed E-state index contributed by atoms with van der Waals surface area (Å²) in [5.41, 5.74) is 5.37. The number of aromatic nitrogens is 1. The van der Waals surface area contributed by atoms with Crippen LogP contribution in [0.15, 0.2) is 24.4 Å². The Hall–Kier alpha value is -1.63. The third kappa shape index (κ3) is 5.19. The molecule has 2 aromatic rings. The number of pyridine rings is 1. The second-order valence-electron chi connectivity index (χ2n) is 4.57. The molecule has 0 saturated heterocycles. The van der Waals surface area contributed by atoms with Crippen molar-refractivity contribution in [1.82, 2.24) is 0 Å². The molecule has 2 heterocycles. The Balaban J connectivity index is 0.000000177. The summed E-state index contributed by atoms with van der Waals surface area (Å²) in [5, 5.41) is 1.40. The highest BCUT2D eigenvalue weighted by Crippen LogP contribution is 2.32. The van der Waals surface area contributed by atoms with E-state index in [2.05, 4.69) is 53.4 Å². The highest BCUT2D eigenvalue weighted by molar-refractivity contribution is 6.05. The van der Waals surface area contributed by atoms with Crippen LogP contribution in [0.25, 0.3) is 35.3 Å². The maximum atomic E-state index is 8.60. The van der Waals surface area contributed by atoms with Gasteiger partial charge in [-0.1, -0.05) is 18.2 Å². The fourth-order valence-electron chi connectivity index (χ4n) is 2.40. The van der Waals surface area contributed by atoms with Crippen molar-refractivity contribution in [3.8, 4) is 0 Å². The number of hydrogen-bond donors (Lipinski definition) is 1. The van der Waals surface area contributed by atoms with Gasteiger partial charge >= 0.3 is 0 Å². The minimum atomic E-state index is -4.94. The quantitative estimate of drug-likeness (QED) is 0.293. The summed E-state index contributed by atoms with van der Waals surface area (Å²) < 4.78 is 68.9. The standard InChI is InChI=1S/C13H8N.2ClHO4/c1-2-10-5-7-14-8-6-11-4-3-9(1)12(10)13(11)14;2*2-1(3,4)5/h1-8H;2*(H,2,3,4,5)/q+1;;/p-1. The average Bonchev–Trinajstić information content (AvgIpc) is 2.95. The van der Waals surface area contributed by atoms with Crippen molar-refractivity contribution in [1.29, 1.82) is 0 Å². The van der Waals surface area contributed by atoms with E-state index in [4.69, 9.17) is 37.3 Å². The molecule has 0 amide bonds. The summed E-state index contributed by atoms with van der Waals surface area (Å²) >= 11 is 0. The minimum Gasteiger partial charge on any atom is -0.222 e. The first-order valence-corrected chi connectivity index (χ1v) is 8.55. The fourth-order valence-corrected chi connectivity index (χ4v) is 2.40. The Labute approximate surface area is 139 Å². The Kier molecular flexibility index (Phi) is 5.22. The Morgan fingerprint density at radius 2 is 1.21 bits per heavy atom. The third-order valence-corrected chi connectivity index (χ3v) is 3.06. The molecule has 1 aliphatic heterocycles. The molecule has 1 aromatic carbocycles. The van der Waals surface area contributed by atoms with Crippen molar-refractivity contribution < 1.29 is 62.3 Å². The normalized spacial score (nSPS) is 13.5. The molecule has 1 aromatic heterocycles. The molecule has 1 N–H and O–H groups in total. The van der Waals surface area contributed by atoms with Crippen LogP contribution >= 0.6 is 0 Å². The van der Waals surface area contributed by atoms with Crippen molar-refractivity contribution in [2.45, 2.75) is 0 Å². The van der Waals surface area contributed by atoms with Crippen molar-refractivity contribution in [3.63, 3.8) is 0 Å². The van der Waals surface area contributed by atoms with Gasteiger partial charge in [-0.3, -0.25) is 0 Å². The van der Waals surface area contributed by atoms with Crippen LogP contribution in [-0.2, 0) is 0 Å². The summed E-state index contributed by atoms with van der Waals surface area (Å²) in [5.74, 6) is 0. The predicted octanol–water partition coefficient (Wildman–Crippen LogP) is -6.33. The molecule has 0 unspecified atom stereocenters. The summed E-state index contributed by atoms with van der Waals surface area (Å²) in [6, 6.07) is 6.57. The van der Waals surface area contributed by atoms with Crippen molar-refractivity contribution in [3.05, 3.63) is 41.1 Å². The SMILES string of the molecule is C1=Cc2cc[n+]3c4c(ccc1c24)C=C3.[O-][Cl+3]([O-])([O-])O.[O-][Cl+3]([O-])([O-])[O-]. The number of nitrogens with zero attached hydrogens (tertiary/aromatic N) is 1. The van der Waals surface area contributed by atoms with Crippen LogP contribution < -0.4 is 37.2 Å². The van der Waals surface area contributed by atoms with Gasteiger partial charge in [0.1, 0.15) is 0 Å². The van der Waals surface area contributed by atoms with Crippen LogP contribution in [0.2, 0.25) is 0 Å². The van der Waals surface area contributed by atoms with Crippen LogP contribution in [0.4, 0.5) is 0 Å². The lowest BCUT2D eigenvalue weighted by molar-refractivity contribution is -2.00. The highest BCUT2D eigenvalue weighted by Gasteiger charge is 2.22. The molecular formula is C13H9Cl2NO8. The van der Waals surface area contributed by atoms with E-state index in [1.165, 1.54) is 27.6 Å². The maximum Gasteiger partial charge on any atom is 0.226 e. The smallest absolute Gasteiger partial charge is 0.222 e. The van der Waals surface area contributed by atoms with Crippen LogP contribution in [0.3, 0.4) is 0 Å². The molecule has 0 bridgehead atoms. The van der Waals surface area contributed by atoms with Gasteiger partial charge < -0.3 is 0 Å². The maximum absolute atomic E-state index is 8.60. The van der Waals surface area contributed by atoms with Gasteiger partial charge in [-0.2, -0.15) is 18.5 Å². The Morgan fingerprint density at radius 3 is 1.75 bits per heavy atom. The average molecular weight is 378 g/mol. The molecule has 24 heavy (non-hydrogen) atoms. The summed E-state index contributed by atoms with van der Waals surface area (Å²) in [7, 11) is -9.64. The first kappa shape index (κ1) is 18.7. The van der Waals surface area contributed by atoms with Gasteiger partial charge in [0, 0.05) is 12.1 Å². The van der Waals surface area contributed by atoms with Gasteiger partial charge in [-0.15, -0.1) is 10.2 Å². The van der Waals surface area contributed by atoms with E-state index < -0.39 is 20.5 Å². The second kappa shape index (κ2) is 6.70. The molecule has 0 atom stereocenters. The molecule has 0 fully saturated rings. The third-order valence-electron chi connectivity index (χ3n) is 3.06. The largest absolute Gasteiger partial charge is 0.226 e. The molecule has 0 saturated carbocycles. The molecule has 0 spiro atoms. The molecule has 11 heteroatoms. The zero-order chi connectivity index (χ0) is 18.1. The molecule has 9 nitrogen and oxygen atoms in total. The monoisotopic (exact) mass is 377 g/mol. The van der Waals surface area contributed by atoms with Crippen LogP contribution in [0.1, 0.15) is 16.7 Å². The molecule has 0 radical (unpaired) electrons. The summed E-state index contributed by atoms with van der Waals surface area (Å²) in [6.45, 7) is 0. The lowest BCUT2D eigenvalue weighted by atomic mass is 10.1. The van der Waals surface area contributed by atoms with Crippen LogP contribution in [-0.4, -0.2) is 4.66 Å². The molecule has 2 aliphatic rings. The van der Waals surface area contributed by atoms with Crippen LogP contribution in [0.5, 0.6) is 0 Å². The van der Waals surface area contributed by atoms with Gasteiger partial charge in [0.05, 0.1) is 25.9 Å². The second-order valence-corrected chi connectivity index (χ2v) is 6.12. The van der Waals surface area contributed by atoms with Gasteiger partial charge in [-0.05, 0) is 17.2 Å². The van der Waals surface area contributed by atoms with Crippen molar-refractivity contribution in [2.75, 3.05) is 0 Å². The van der Waals surface area contributed by atoms with Gasteiger partial charge in [0.15, 0.2) is 12.4 Å². The van der Waals surface area contributed by atoms with E-state index in [1.807, 2.05) is 0 Å². The van der Waals surface area contributed by atoms with E-state index in [9.17, 15) is 0 Å². The molecule has 4 rings (SSSR count). The number of benzene rings is 1. The molecule has 128 valence electrons. The zero-order valence-corrected chi connectivity index (χ0v) is 13.1. The number of rotatable bonds is 0. The Morgan fingerprint density at radius 1 is 0.750 bits per heavy atom. The highest BCUT2D eigenvalue weighted by atomic mass is 35.7. The lowest BCUT2D eigenvalue weighted by Crippen LogP contribution is -2.68.